The molecule has 2 rings (SSSR count). The number of rotatable bonds is 3. The maximum absolute atomic E-state index is 12.0. The van der Waals surface area contributed by atoms with Crippen LogP contribution in [-0.4, -0.2) is 16.8 Å². The van der Waals surface area contributed by atoms with Gasteiger partial charge in [0.05, 0.1) is 0 Å². The first-order valence-electron chi connectivity index (χ1n) is 4.51. The summed E-state index contributed by atoms with van der Waals surface area (Å²) in [4.78, 5) is 3.98. The Hall–Kier alpha value is -1.98. The van der Waals surface area contributed by atoms with Gasteiger partial charge in [-0.15, -0.1) is 0 Å². The Morgan fingerprint density at radius 2 is 2.19 bits per heavy atom. The molecule has 0 spiro atoms. The summed E-state index contributed by atoms with van der Waals surface area (Å²) >= 11 is 0. The van der Waals surface area contributed by atoms with Crippen LogP contribution < -0.4 is 4.74 Å². The summed E-state index contributed by atoms with van der Waals surface area (Å²) < 4.78 is 33.1. The molecule has 0 atom stereocenters. The van der Waals surface area contributed by atoms with Crippen LogP contribution in [0.1, 0.15) is 5.82 Å². The molecule has 0 fully saturated rings. The number of alkyl halides is 2. The number of ether oxygens (including phenoxy) is 1. The zero-order valence-corrected chi connectivity index (χ0v) is 8.35. The van der Waals surface area contributed by atoms with Gasteiger partial charge in [-0.3, -0.25) is 0 Å². The van der Waals surface area contributed by atoms with E-state index in [4.69, 9.17) is 4.52 Å². The molecule has 0 saturated heterocycles. The highest BCUT2D eigenvalue weighted by molar-refractivity contribution is 5.55. The second-order valence-corrected chi connectivity index (χ2v) is 3.05. The SMILES string of the molecule is Cc1noc(-c2cccc(OC(F)F)c2)n1. The van der Waals surface area contributed by atoms with Crippen molar-refractivity contribution in [3.63, 3.8) is 0 Å². The quantitative estimate of drug-likeness (QED) is 0.807. The Balaban J connectivity index is 2.28. The smallest absolute Gasteiger partial charge is 0.387 e. The van der Waals surface area contributed by atoms with Gasteiger partial charge in [-0.2, -0.15) is 13.8 Å². The Kier molecular flexibility index (Phi) is 2.80. The fraction of sp³-hybridized carbons (Fsp3) is 0.200. The van der Waals surface area contributed by atoms with Gasteiger partial charge >= 0.3 is 6.61 Å². The van der Waals surface area contributed by atoms with E-state index in [-0.39, 0.29) is 11.6 Å². The second kappa shape index (κ2) is 4.26. The first-order chi connectivity index (χ1) is 7.65. The minimum absolute atomic E-state index is 0.0587. The van der Waals surface area contributed by atoms with Gasteiger partial charge in [0.25, 0.3) is 5.89 Å². The monoisotopic (exact) mass is 226 g/mol. The van der Waals surface area contributed by atoms with Crippen molar-refractivity contribution in [2.45, 2.75) is 13.5 Å². The summed E-state index contributed by atoms with van der Waals surface area (Å²) in [5.41, 5.74) is 0.541. The fourth-order valence-corrected chi connectivity index (χ4v) is 1.22. The molecule has 0 amide bonds. The van der Waals surface area contributed by atoms with E-state index in [2.05, 4.69) is 14.9 Å². The molecular formula is C10H8F2N2O2. The lowest BCUT2D eigenvalue weighted by atomic mass is 10.2. The van der Waals surface area contributed by atoms with Crippen LogP contribution in [0.3, 0.4) is 0 Å². The number of nitrogens with zero attached hydrogens (tertiary/aromatic N) is 2. The Bertz CT molecular complexity index is 485. The van der Waals surface area contributed by atoms with Gasteiger partial charge in [0.15, 0.2) is 5.82 Å². The van der Waals surface area contributed by atoms with Gasteiger partial charge in [0, 0.05) is 5.56 Å². The van der Waals surface area contributed by atoms with E-state index >= 15 is 0 Å². The van der Waals surface area contributed by atoms with Crippen molar-refractivity contribution in [1.82, 2.24) is 10.1 Å². The number of halogens is 2. The van der Waals surface area contributed by atoms with Crippen molar-refractivity contribution in [3.8, 4) is 17.2 Å². The molecule has 0 aliphatic rings. The Morgan fingerprint density at radius 3 is 2.81 bits per heavy atom. The van der Waals surface area contributed by atoms with E-state index in [1.807, 2.05) is 0 Å². The van der Waals surface area contributed by atoms with E-state index in [1.165, 1.54) is 12.1 Å². The third kappa shape index (κ3) is 2.33. The van der Waals surface area contributed by atoms with Crippen LogP contribution in [0.15, 0.2) is 28.8 Å². The van der Waals surface area contributed by atoms with E-state index in [0.29, 0.717) is 11.4 Å². The molecule has 1 aromatic carbocycles. The third-order valence-corrected chi connectivity index (χ3v) is 1.83. The molecule has 0 bridgehead atoms. The molecule has 0 radical (unpaired) electrons. The summed E-state index contributed by atoms with van der Waals surface area (Å²) in [5.74, 6) is 0.816. The largest absolute Gasteiger partial charge is 0.435 e. The third-order valence-electron chi connectivity index (χ3n) is 1.83. The van der Waals surface area contributed by atoms with Crippen molar-refractivity contribution in [3.05, 3.63) is 30.1 Å². The predicted octanol–water partition coefficient (Wildman–Crippen LogP) is 2.65. The minimum Gasteiger partial charge on any atom is -0.435 e. The molecule has 84 valence electrons. The summed E-state index contributed by atoms with van der Waals surface area (Å²) in [7, 11) is 0. The lowest BCUT2D eigenvalue weighted by molar-refractivity contribution is -0.0498. The van der Waals surface area contributed by atoms with Gasteiger partial charge in [-0.05, 0) is 25.1 Å². The Morgan fingerprint density at radius 1 is 1.38 bits per heavy atom. The average Bonchev–Trinajstić information content (AvgIpc) is 2.64. The highest BCUT2D eigenvalue weighted by atomic mass is 19.3. The number of aryl methyl sites for hydroxylation is 1. The normalized spacial score (nSPS) is 10.8. The van der Waals surface area contributed by atoms with Crippen LogP contribution in [0.2, 0.25) is 0 Å². The Labute approximate surface area is 89.8 Å². The average molecular weight is 226 g/mol. The van der Waals surface area contributed by atoms with Gasteiger partial charge in [0.2, 0.25) is 0 Å². The summed E-state index contributed by atoms with van der Waals surface area (Å²) in [6.07, 6.45) is 0. The van der Waals surface area contributed by atoms with Crippen LogP contribution in [0, 0.1) is 6.92 Å². The number of hydrogen-bond donors (Lipinski definition) is 0. The van der Waals surface area contributed by atoms with Gasteiger partial charge in [-0.25, -0.2) is 0 Å². The molecule has 6 heteroatoms. The fourth-order valence-electron chi connectivity index (χ4n) is 1.22. The van der Waals surface area contributed by atoms with Gasteiger partial charge in [-0.1, -0.05) is 11.2 Å². The van der Waals surface area contributed by atoms with Crippen LogP contribution in [0.25, 0.3) is 11.5 Å². The number of benzene rings is 1. The molecule has 0 aliphatic carbocycles. The summed E-state index contributed by atoms with van der Waals surface area (Å²) in [6.45, 7) is -1.17. The van der Waals surface area contributed by atoms with Crippen LogP contribution in [-0.2, 0) is 0 Å². The molecule has 0 unspecified atom stereocenters. The lowest BCUT2D eigenvalue weighted by Crippen LogP contribution is -2.01. The van der Waals surface area contributed by atoms with Gasteiger partial charge in [0.1, 0.15) is 5.75 Å². The second-order valence-electron chi connectivity index (χ2n) is 3.05. The van der Waals surface area contributed by atoms with Crippen molar-refractivity contribution in [2.75, 3.05) is 0 Å². The summed E-state index contributed by atoms with van der Waals surface area (Å²) in [6, 6.07) is 6.09. The molecule has 2 aromatic rings. The zero-order chi connectivity index (χ0) is 11.5. The van der Waals surface area contributed by atoms with Crippen molar-refractivity contribution in [2.24, 2.45) is 0 Å². The molecule has 0 aliphatic heterocycles. The van der Waals surface area contributed by atoms with Crippen LogP contribution in [0.4, 0.5) is 8.78 Å². The first-order valence-corrected chi connectivity index (χ1v) is 4.51. The molecule has 1 aromatic heterocycles. The molecule has 0 N–H and O–H groups in total. The van der Waals surface area contributed by atoms with Crippen molar-refractivity contribution < 1.29 is 18.0 Å². The van der Waals surface area contributed by atoms with E-state index in [1.54, 1.807) is 19.1 Å². The van der Waals surface area contributed by atoms with Crippen molar-refractivity contribution >= 4 is 0 Å². The molecule has 0 saturated carbocycles. The zero-order valence-electron chi connectivity index (χ0n) is 8.35. The standard InChI is InChI=1S/C10H8F2N2O2/c1-6-13-9(16-14-6)7-3-2-4-8(5-7)15-10(11)12/h2-5,10H,1H3. The van der Waals surface area contributed by atoms with Gasteiger partial charge < -0.3 is 9.26 Å². The topological polar surface area (TPSA) is 48.2 Å². The maximum atomic E-state index is 12.0. The first kappa shape index (κ1) is 10.5. The van der Waals surface area contributed by atoms with Crippen LogP contribution >= 0.6 is 0 Å². The predicted molar refractivity (Wildman–Crippen MR) is 51.1 cm³/mol. The highest BCUT2D eigenvalue weighted by Gasteiger charge is 2.09. The van der Waals surface area contributed by atoms with E-state index < -0.39 is 6.61 Å². The molecule has 4 nitrogen and oxygen atoms in total. The van der Waals surface area contributed by atoms with E-state index in [9.17, 15) is 8.78 Å². The highest BCUT2D eigenvalue weighted by Crippen LogP contribution is 2.23. The van der Waals surface area contributed by atoms with Crippen molar-refractivity contribution in [1.29, 1.82) is 0 Å². The maximum Gasteiger partial charge on any atom is 0.387 e. The van der Waals surface area contributed by atoms with Crippen LogP contribution in [0.5, 0.6) is 5.75 Å². The number of aromatic nitrogens is 2. The summed E-state index contributed by atoms with van der Waals surface area (Å²) in [5, 5.41) is 3.61. The number of hydrogen-bond acceptors (Lipinski definition) is 4. The molecule has 1 heterocycles. The minimum atomic E-state index is -2.85. The lowest BCUT2D eigenvalue weighted by Gasteiger charge is -2.04. The van der Waals surface area contributed by atoms with E-state index in [0.717, 1.165) is 0 Å². The molecule has 16 heavy (non-hydrogen) atoms. The molecular weight excluding hydrogens is 218 g/mol.